The topological polar surface area (TPSA) is 64.2 Å². The van der Waals surface area contributed by atoms with Crippen molar-refractivity contribution in [3.8, 4) is 17.1 Å². The molecular weight excluding hydrogens is 348 g/mol. The summed E-state index contributed by atoms with van der Waals surface area (Å²) in [5.41, 5.74) is 1.84. The van der Waals surface area contributed by atoms with E-state index in [4.69, 9.17) is 4.42 Å². The van der Waals surface area contributed by atoms with Gasteiger partial charge in [0.2, 0.25) is 5.91 Å². The molecule has 2 aromatic heterocycles. The molecule has 1 amide bonds. The van der Waals surface area contributed by atoms with Crippen LogP contribution in [0.5, 0.6) is 0 Å². The molecule has 7 heteroatoms. The standard InChI is InChI=1S/C19H22N4O2S/c1-4-22(5-2)17(24)13-26-19-21-20-18(16-11-12-25-14(16)3)23(19)15-9-7-6-8-10-15/h6-12H,4-5,13H2,1-3H3. The van der Waals surface area contributed by atoms with Crippen molar-refractivity contribution in [2.24, 2.45) is 0 Å². The number of nitrogens with zero attached hydrogens (tertiary/aromatic N) is 4. The average molecular weight is 370 g/mol. The molecule has 0 N–H and O–H groups in total. The number of para-hydroxylation sites is 1. The van der Waals surface area contributed by atoms with Gasteiger partial charge >= 0.3 is 0 Å². The minimum Gasteiger partial charge on any atom is -0.469 e. The van der Waals surface area contributed by atoms with Gasteiger partial charge in [0, 0.05) is 18.8 Å². The fraction of sp³-hybridized carbons (Fsp3) is 0.316. The lowest BCUT2D eigenvalue weighted by molar-refractivity contribution is -0.127. The number of thioether (sulfide) groups is 1. The zero-order valence-corrected chi connectivity index (χ0v) is 16.0. The van der Waals surface area contributed by atoms with Gasteiger partial charge in [0.25, 0.3) is 0 Å². The third kappa shape index (κ3) is 3.67. The second-order valence-corrected chi connectivity index (χ2v) is 6.66. The Kier molecular flexibility index (Phi) is 5.78. The van der Waals surface area contributed by atoms with Crippen LogP contribution in [-0.2, 0) is 4.79 Å². The summed E-state index contributed by atoms with van der Waals surface area (Å²) in [6.45, 7) is 7.29. The third-order valence-corrected chi connectivity index (χ3v) is 5.10. The van der Waals surface area contributed by atoms with Crippen LogP contribution in [0.2, 0.25) is 0 Å². The van der Waals surface area contributed by atoms with E-state index >= 15 is 0 Å². The van der Waals surface area contributed by atoms with E-state index in [1.807, 2.05) is 66.6 Å². The van der Waals surface area contributed by atoms with Crippen LogP contribution < -0.4 is 0 Å². The summed E-state index contributed by atoms with van der Waals surface area (Å²) in [5.74, 6) is 1.92. The molecule has 0 aliphatic heterocycles. The Hall–Kier alpha value is -2.54. The molecule has 0 aliphatic rings. The van der Waals surface area contributed by atoms with Gasteiger partial charge in [0.05, 0.1) is 17.6 Å². The van der Waals surface area contributed by atoms with Crippen molar-refractivity contribution in [1.82, 2.24) is 19.7 Å². The van der Waals surface area contributed by atoms with Crippen LogP contribution in [0.4, 0.5) is 0 Å². The van der Waals surface area contributed by atoms with Crippen molar-refractivity contribution >= 4 is 17.7 Å². The van der Waals surface area contributed by atoms with Gasteiger partial charge in [-0.25, -0.2) is 0 Å². The summed E-state index contributed by atoms with van der Waals surface area (Å²) in [7, 11) is 0. The maximum Gasteiger partial charge on any atom is 0.233 e. The highest BCUT2D eigenvalue weighted by Gasteiger charge is 2.20. The lowest BCUT2D eigenvalue weighted by Crippen LogP contribution is -2.31. The molecule has 0 saturated carbocycles. The van der Waals surface area contributed by atoms with Crippen LogP contribution >= 0.6 is 11.8 Å². The number of rotatable bonds is 7. The Bertz CT molecular complexity index is 869. The van der Waals surface area contributed by atoms with Gasteiger partial charge in [-0.15, -0.1) is 10.2 Å². The van der Waals surface area contributed by atoms with E-state index in [1.54, 1.807) is 6.26 Å². The fourth-order valence-electron chi connectivity index (χ4n) is 2.76. The van der Waals surface area contributed by atoms with Crippen LogP contribution in [0.3, 0.4) is 0 Å². The second-order valence-electron chi connectivity index (χ2n) is 5.72. The molecule has 3 aromatic rings. The normalized spacial score (nSPS) is 10.9. The predicted molar refractivity (Wildman–Crippen MR) is 102 cm³/mol. The minimum atomic E-state index is 0.101. The van der Waals surface area contributed by atoms with Crippen molar-refractivity contribution < 1.29 is 9.21 Å². The quantitative estimate of drug-likeness (QED) is 0.592. The first kappa shape index (κ1) is 18.3. The van der Waals surface area contributed by atoms with Gasteiger partial charge in [-0.1, -0.05) is 30.0 Å². The smallest absolute Gasteiger partial charge is 0.233 e. The number of carbonyl (C=O) groups is 1. The Morgan fingerprint density at radius 2 is 1.88 bits per heavy atom. The maximum atomic E-state index is 12.3. The van der Waals surface area contributed by atoms with E-state index in [2.05, 4.69) is 10.2 Å². The van der Waals surface area contributed by atoms with Gasteiger partial charge in [0.15, 0.2) is 11.0 Å². The van der Waals surface area contributed by atoms with Crippen molar-refractivity contribution in [2.45, 2.75) is 25.9 Å². The Morgan fingerprint density at radius 3 is 2.50 bits per heavy atom. The predicted octanol–water partition coefficient (Wildman–Crippen LogP) is 3.80. The second kappa shape index (κ2) is 8.23. The molecular formula is C19H22N4O2S. The number of hydrogen-bond acceptors (Lipinski definition) is 5. The van der Waals surface area contributed by atoms with Crippen LogP contribution in [0.25, 0.3) is 17.1 Å². The summed E-state index contributed by atoms with van der Waals surface area (Å²) in [6, 6.07) is 11.8. The highest BCUT2D eigenvalue weighted by Crippen LogP contribution is 2.30. The number of amides is 1. The number of furan rings is 1. The molecule has 3 rings (SSSR count). The molecule has 0 bridgehead atoms. The highest BCUT2D eigenvalue weighted by atomic mass is 32.2. The molecule has 2 heterocycles. The molecule has 6 nitrogen and oxygen atoms in total. The average Bonchev–Trinajstić information content (AvgIpc) is 3.27. The number of benzene rings is 1. The monoisotopic (exact) mass is 370 g/mol. The number of aromatic nitrogens is 3. The van der Waals surface area contributed by atoms with E-state index < -0.39 is 0 Å². The van der Waals surface area contributed by atoms with Crippen LogP contribution in [0.15, 0.2) is 52.2 Å². The Morgan fingerprint density at radius 1 is 1.15 bits per heavy atom. The summed E-state index contributed by atoms with van der Waals surface area (Å²) in [6.07, 6.45) is 1.64. The Labute approximate surface area is 157 Å². The van der Waals surface area contributed by atoms with E-state index in [0.29, 0.717) is 29.8 Å². The molecule has 136 valence electrons. The van der Waals surface area contributed by atoms with Gasteiger partial charge in [-0.05, 0) is 39.0 Å². The lowest BCUT2D eigenvalue weighted by Gasteiger charge is -2.18. The zero-order chi connectivity index (χ0) is 18.5. The van der Waals surface area contributed by atoms with Gasteiger partial charge < -0.3 is 9.32 Å². The molecule has 0 atom stereocenters. The van der Waals surface area contributed by atoms with Gasteiger partial charge in [-0.3, -0.25) is 9.36 Å². The van der Waals surface area contributed by atoms with Gasteiger partial charge in [-0.2, -0.15) is 0 Å². The molecule has 0 unspecified atom stereocenters. The first-order valence-corrected chi connectivity index (χ1v) is 9.60. The Balaban J connectivity index is 1.95. The van der Waals surface area contributed by atoms with Gasteiger partial charge in [0.1, 0.15) is 5.76 Å². The summed E-state index contributed by atoms with van der Waals surface area (Å²) >= 11 is 1.40. The third-order valence-electron chi connectivity index (χ3n) is 4.19. The number of carbonyl (C=O) groups excluding carboxylic acids is 1. The number of aryl methyl sites for hydroxylation is 1. The lowest BCUT2D eigenvalue weighted by atomic mass is 10.2. The van der Waals surface area contributed by atoms with Crippen molar-refractivity contribution in [3.05, 3.63) is 48.4 Å². The van der Waals surface area contributed by atoms with E-state index in [9.17, 15) is 4.79 Å². The first-order chi connectivity index (χ1) is 12.7. The first-order valence-electron chi connectivity index (χ1n) is 8.61. The van der Waals surface area contributed by atoms with E-state index in [-0.39, 0.29) is 5.91 Å². The van der Waals surface area contributed by atoms with E-state index in [0.717, 1.165) is 17.0 Å². The molecule has 26 heavy (non-hydrogen) atoms. The molecule has 1 aromatic carbocycles. The fourth-order valence-corrected chi connectivity index (χ4v) is 3.61. The molecule has 0 aliphatic carbocycles. The highest BCUT2D eigenvalue weighted by molar-refractivity contribution is 7.99. The SMILES string of the molecule is CCN(CC)C(=O)CSc1nnc(-c2ccoc2C)n1-c1ccccc1. The van der Waals surface area contributed by atoms with E-state index in [1.165, 1.54) is 11.8 Å². The zero-order valence-electron chi connectivity index (χ0n) is 15.2. The molecule has 0 spiro atoms. The summed E-state index contributed by atoms with van der Waals surface area (Å²) in [4.78, 5) is 14.2. The number of hydrogen-bond donors (Lipinski definition) is 0. The maximum absolute atomic E-state index is 12.3. The molecule has 0 radical (unpaired) electrons. The molecule has 0 saturated heterocycles. The molecule has 0 fully saturated rings. The largest absolute Gasteiger partial charge is 0.469 e. The van der Waals surface area contributed by atoms with Crippen molar-refractivity contribution in [2.75, 3.05) is 18.8 Å². The van der Waals surface area contributed by atoms with Crippen molar-refractivity contribution in [3.63, 3.8) is 0 Å². The van der Waals surface area contributed by atoms with Crippen LogP contribution in [-0.4, -0.2) is 44.4 Å². The van der Waals surface area contributed by atoms with Crippen LogP contribution in [0, 0.1) is 6.92 Å². The summed E-state index contributed by atoms with van der Waals surface area (Å²) < 4.78 is 7.40. The minimum absolute atomic E-state index is 0.101. The summed E-state index contributed by atoms with van der Waals surface area (Å²) in [5, 5.41) is 9.39. The van der Waals surface area contributed by atoms with Crippen molar-refractivity contribution in [1.29, 1.82) is 0 Å². The van der Waals surface area contributed by atoms with Crippen LogP contribution in [0.1, 0.15) is 19.6 Å².